The lowest BCUT2D eigenvalue weighted by Crippen LogP contribution is -2.47. The molecule has 6 nitrogen and oxygen atoms in total. The van der Waals surface area contributed by atoms with Crippen LogP contribution >= 0.6 is 0 Å². The van der Waals surface area contributed by atoms with Crippen LogP contribution in [0.2, 0.25) is 0 Å². The molecule has 0 aromatic carbocycles. The fraction of sp³-hybridized carbons (Fsp3) is 0.800. The summed E-state index contributed by atoms with van der Waals surface area (Å²) in [6.07, 6.45) is 0. The first-order valence-corrected chi connectivity index (χ1v) is 5.72. The van der Waals surface area contributed by atoms with Gasteiger partial charge in [-0.05, 0) is 0 Å². The van der Waals surface area contributed by atoms with Crippen LogP contribution in [0.15, 0.2) is 4.52 Å². The van der Waals surface area contributed by atoms with Crippen molar-refractivity contribution in [1.29, 1.82) is 0 Å². The second-order valence-electron chi connectivity index (χ2n) is 4.14. The lowest BCUT2D eigenvalue weighted by molar-refractivity contribution is 0.126. The van der Waals surface area contributed by atoms with E-state index in [9.17, 15) is 0 Å². The van der Waals surface area contributed by atoms with Crippen molar-refractivity contribution in [3.05, 3.63) is 11.7 Å². The van der Waals surface area contributed by atoms with Gasteiger partial charge in [0.2, 0.25) is 5.89 Å². The Morgan fingerprint density at radius 1 is 1.25 bits per heavy atom. The average Bonchev–Trinajstić information content (AvgIpc) is 2.67. The fourth-order valence-electron chi connectivity index (χ4n) is 1.96. The van der Waals surface area contributed by atoms with Crippen LogP contribution in [0.4, 0.5) is 0 Å². The third-order valence-corrected chi connectivity index (χ3v) is 2.84. The summed E-state index contributed by atoms with van der Waals surface area (Å²) in [4.78, 5) is 8.94. The zero-order valence-corrected chi connectivity index (χ0v) is 9.72. The van der Waals surface area contributed by atoms with Crippen molar-refractivity contribution in [2.24, 2.45) is 5.73 Å². The zero-order chi connectivity index (χ0) is 11.4. The van der Waals surface area contributed by atoms with Crippen molar-refractivity contribution in [1.82, 2.24) is 19.9 Å². The lowest BCUT2D eigenvalue weighted by Gasteiger charge is -2.33. The van der Waals surface area contributed by atoms with Crippen LogP contribution in [0.5, 0.6) is 0 Å². The molecule has 0 bridgehead atoms. The average molecular weight is 225 g/mol. The second kappa shape index (κ2) is 5.38. The van der Waals surface area contributed by atoms with Gasteiger partial charge in [-0.15, -0.1) is 0 Å². The third-order valence-electron chi connectivity index (χ3n) is 2.84. The summed E-state index contributed by atoms with van der Waals surface area (Å²) in [6, 6.07) is 0. The highest BCUT2D eigenvalue weighted by molar-refractivity contribution is 4.85. The molecule has 2 N–H and O–H groups in total. The number of rotatable bonds is 4. The SMILES string of the molecule is Cc1nc(CN2CCN(CCN)CC2)no1. The number of piperazine rings is 1. The topological polar surface area (TPSA) is 71.4 Å². The number of aryl methyl sites for hydroxylation is 1. The summed E-state index contributed by atoms with van der Waals surface area (Å²) in [5, 5.41) is 3.90. The molecule has 90 valence electrons. The van der Waals surface area contributed by atoms with Gasteiger partial charge < -0.3 is 10.3 Å². The first-order valence-electron chi connectivity index (χ1n) is 5.72. The van der Waals surface area contributed by atoms with Gasteiger partial charge in [-0.3, -0.25) is 9.80 Å². The van der Waals surface area contributed by atoms with Crippen LogP contribution in [0.25, 0.3) is 0 Å². The van der Waals surface area contributed by atoms with Gasteiger partial charge in [0, 0.05) is 46.2 Å². The van der Waals surface area contributed by atoms with E-state index in [1.165, 1.54) is 0 Å². The monoisotopic (exact) mass is 225 g/mol. The predicted molar refractivity (Wildman–Crippen MR) is 59.8 cm³/mol. The van der Waals surface area contributed by atoms with Crippen LogP contribution in [-0.4, -0.2) is 59.2 Å². The summed E-state index contributed by atoms with van der Waals surface area (Å²) < 4.78 is 4.95. The molecule has 0 radical (unpaired) electrons. The van der Waals surface area contributed by atoms with Crippen molar-refractivity contribution in [2.75, 3.05) is 39.3 Å². The molecule has 2 rings (SSSR count). The normalized spacial score (nSPS) is 19.1. The van der Waals surface area contributed by atoms with E-state index in [-0.39, 0.29) is 0 Å². The van der Waals surface area contributed by atoms with Crippen molar-refractivity contribution in [2.45, 2.75) is 13.5 Å². The Morgan fingerprint density at radius 2 is 1.94 bits per heavy atom. The van der Waals surface area contributed by atoms with Gasteiger partial charge in [-0.1, -0.05) is 5.16 Å². The van der Waals surface area contributed by atoms with Crippen molar-refractivity contribution in [3.63, 3.8) is 0 Å². The van der Waals surface area contributed by atoms with Gasteiger partial charge in [0.25, 0.3) is 0 Å². The molecule has 6 heteroatoms. The Hall–Kier alpha value is -0.980. The largest absolute Gasteiger partial charge is 0.340 e. The number of nitrogens with two attached hydrogens (primary N) is 1. The highest BCUT2D eigenvalue weighted by Gasteiger charge is 2.17. The van der Waals surface area contributed by atoms with Gasteiger partial charge in [0.15, 0.2) is 5.82 Å². The Bertz CT molecular complexity index is 319. The summed E-state index contributed by atoms with van der Waals surface area (Å²) in [5.41, 5.74) is 5.53. The minimum Gasteiger partial charge on any atom is -0.340 e. The fourth-order valence-corrected chi connectivity index (χ4v) is 1.96. The van der Waals surface area contributed by atoms with Crippen molar-refractivity contribution >= 4 is 0 Å². The van der Waals surface area contributed by atoms with Gasteiger partial charge in [-0.2, -0.15) is 4.98 Å². The van der Waals surface area contributed by atoms with Crippen molar-refractivity contribution in [3.8, 4) is 0 Å². The van der Waals surface area contributed by atoms with E-state index >= 15 is 0 Å². The summed E-state index contributed by atoms with van der Waals surface area (Å²) in [7, 11) is 0. The highest BCUT2D eigenvalue weighted by Crippen LogP contribution is 2.05. The minimum absolute atomic E-state index is 0.636. The maximum Gasteiger partial charge on any atom is 0.223 e. The van der Waals surface area contributed by atoms with Crippen LogP contribution in [-0.2, 0) is 6.54 Å². The van der Waals surface area contributed by atoms with Gasteiger partial charge in [-0.25, -0.2) is 0 Å². The number of hydrogen-bond donors (Lipinski definition) is 1. The van der Waals surface area contributed by atoms with Crippen LogP contribution < -0.4 is 5.73 Å². The summed E-state index contributed by atoms with van der Waals surface area (Å²) in [6.45, 7) is 8.59. The molecule has 1 aromatic rings. The predicted octanol–water partition coefficient (Wildman–Crippen LogP) is -0.546. The smallest absolute Gasteiger partial charge is 0.223 e. The molecule has 2 heterocycles. The summed E-state index contributed by atoms with van der Waals surface area (Å²) >= 11 is 0. The quantitative estimate of drug-likeness (QED) is 0.741. The third kappa shape index (κ3) is 3.01. The molecule has 1 fully saturated rings. The Labute approximate surface area is 95.4 Å². The Morgan fingerprint density at radius 3 is 2.50 bits per heavy atom. The second-order valence-corrected chi connectivity index (χ2v) is 4.14. The number of hydrogen-bond acceptors (Lipinski definition) is 6. The van der Waals surface area contributed by atoms with Crippen molar-refractivity contribution < 1.29 is 4.52 Å². The molecule has 0 saturated carbocycles. The minimum atomic E-state index is 0.636. The van der Waals surface area contributed by atoms with E-state index in [1.54, 1.807) is 0 Å². The molecule has 16 heavy (non-hydrogen) atoms. The van der Waals surface area contributed by atoms with Gasteiger partial charge >= 0.3 is 0 Å². The Kier molecular flexibility index (Phi) is 3.87. The van der Waals surface area contributed by atoms with E-state index in [2.05, 4.69) is 19.9 Å². The van der Waals surface area contributed by atoms with E-state index in [4.69, 9.17) is 10.3 Å². The zero-order valence-electron chi connectivity index (χ0n) is 9.72. The number of aromatic nitrogens is 2. The van der Waals surface area contributed by atoms with E-state index in [0.717, 1.165) is 51.6 Å². The first kappa shape index (κ1) is 11.5. The van der Waals surface area contributed by atoms with Crippen LogP contribution in [0, 0.1) is 6.92 Å². The van der Waals surface area contributed by atoms with Gasteiger partial charge in [0.05, 0.1) is 6.54 Å². The number of nitrogens with zero attached hydrogens (tertiary/aromatic N) is 4. The molecule has 0 unspecified atom stereocenters. The molecule has 0 amide bonds. The van der Waals surface area contributed by atoms with E-state index < -0.39 is 0 Å². The lowest BCUT2D eigenvalue weighted by atomic mass is 10.3. The summed E-state index contributed by atoms with van der Waals surface area (Å²) in [5.74, 6) is 1.42. The van der Waals surface area contributed by atoms with E-state index in [1.807, 2.05) is 6.92 Å². The molecule has 0 spiro atoms. The molecule has 1 aliphatic rings. The molecule has 1 saturated heterocycles. The molecule has 0 aliphatic carbocycles. The molecular weight excluding hydrogens is 206 g/mol. The molecular formula is C10H19N5O. The Balaban J connectivity index is 1.77. The highest BCUT2D eigenvalue weighted by atomic mass is 16.5. The molecule has 1 aromatic heterocycles. The van der Waals surface area contributed by atoms with Gasteiger partial charge in [0.1, 0.15) is 0 Å². The maximum absolute atomic E-state index is 5.53. The maximum atomic E-state index is 5.53. The standard InChI is InChI=1S/C10H19N5O/c1-9-12-10(13-16-9)8-15-6-4-14(3-2-11)5-7-15/h2-8,11H2,1H3. The molecule has 0 atom stereocenters. The first-order chi connectivity index (χ1) is 7.78. The van der Waals surface area contributed by atoms with E-state index in [0.29, 0.717) is 5.89 Å². The molecule has 1 aliphatic heterocycles. The van der Waals surface area contributed by atoms with Crippen LogP contribution in [0.1, 0.15) is 11.7 Å². The van der Waals surface area contributed by atoms with Crippen LogP contribution in [0.3, 0.4) is 0 Å².